The molecule has 6 atom stereocenters. The van der Waals surface area contributed by atoms with Gasteiger partial charge in [0.1, 0.15) is 5.75 Å². The lowest BCUT2D eigenvalue weighted by Gasteiger charge is -2.37. The Labute approximate surface area is 187 Å². The van der Waals surface area contributed by atoms with Gasteiger partial charge in [0.2, 0.25) is 11.8 Å². The van der Waals surface area contributed by atoms with Crippen LogP contribution in [-0.2, 0) is 20.8 Å². The fraction of sp³-hybridized carbons (Fsp3) is 0.370. The Morgan fingerprint density at radius 1 is 0.844 bits per heavy atom. The van der Waals surface area contributed by atoms with Crippen molar-refractivity contribution in [3.05, 3.63) is 77.9 Å². The number of hydrogen-bond donors (Lipinski definition) is 0. The van der Waals surface area contributed by atoms with Crippen molar-refractivity contribution < 1.29 is 19.1 Å². The van der Waals surface area contributed by atoms with Crippen LogP contribution in [0.4, 0.5) is 0 Å². The normalized spacial score (nSPS) is 31.4. The SMILES string of the molecule is O=C(CCN1C(=O)[C@@H]2[C@H]3C=C[C@@H]([C@@H]4C[C@H]34)[C@H]2C1=O)Oc1ccc(Cc2ccccc2)cc1. The van der Waals surface area contributed by atoms with Crippen LogP contribution in [0.3, 0.4) is 0 Å². The third kappa shape index (κ3) is 3.19. The number of nitrogens with zero attached hydrogens (tertiary/aromatic N) is 1. The number of rotatable bonds is 6. The molecule has 5 aliphatic rings. The van der Waals surface area contributed by atoms with E-state index in [-0.39, 0.29) is 48.5 Å². The summed E-state index contributed by atoms with van der Waals surface area (Å²) in [5.74, 6) is 1.00. The van der Waals surface area contributed by atoms with Gasteiger partial charge in [0.25, 0.3) is 0 Å². The minimum atomic E-state index is -0.430. The lowest BCUT2D eigenvalue weighted by Crippen LogP contribution is -2.40. The van der Waals surface area contributed by atoms with Crippen LogP contribution in [0.1, 0.15) is 24.0 Å². The molecule has 2 saturated carbocycles. The van der Waals surface area contributed by atoms with E-state index in [0.717, 1.165) is 18.4 Å². The predicted octanol–water partition coefficient (Wildman–Crippen LogP) is 3.63. The van der Waals surface area contributed by atoms with Crippen LogP contribution in [0.2, 0.25) is 0 Å². The van der Waals surface area contributed by atoms with Gasteiger partial charge < -0.3 is 4.74 Å². The van der Waals surface area contributed by atoms with Crippen LogP contribution in [-0.4, -0.2) is 29.2 Å². The van der Waals surface area contributed by atoms with Crippen molar-refractivity contribution in [2.75, 3.05) is 6.54 Å². The number of likely N-dealkylation sites (tertiary alicyclic amines) is 1. The maximum absolute atomic E-state index is 13.0. The van der Waals surface area contributed by atoms with Crippen molar-refractivity contribution in [2.24, 2.45) is 35.5 Å². The lowest BCUT2D eigenvalue weighted by molar-refractivity contribution is -0.141. The molecule has 1 aliphatic heterocycles. The second-order valence-electron chi connectivity index (χ2n) is 9.51. The van der Waals surface area contributed by atoms with Gasteiger partial charge in [0, 0.05) is 6.54 Å². The van der Waals surface area contributed by atoms with Gasteiger partial charge in [-0.1, -0.05) is 54.6 Å². The molecule has 0 radical (unpaired) electrons. The Morgan fingerprint density at radius 3 is 2.06 bits per heavy atom. The molecule has 2 aromatic carbocycles. The maximum atomic E-state index is 13.0. The van der Waals surface area contributed by atoms with Gasteiger partial charge in [-0.25, -0.2) is 0 Å². The number of imide groups is 1. The molecule has 5 nitrogen and oxygen atoms in total. The maximum Gasteiger partial charge on any atom is 0.312 e. The zero-order chi connectivity index (χ0) is 21.8. The summed E-state index contributed by atoms with van der Waals surface area (Å²) in [5.41, 5.74) is 2.35. The highest BCUT2D eigenvalue weighted by Gasteiger charge is 2.66. The monoisotopic (exact) mass is 427 g/mol. The molecule has 5 heteroatoms. The average Bonchev–Trinajstić information content (AvgIpc) is 3.59. The summed E-state index contributed by atoms with van der Waals surface area (Å²) >= 11 is 0. The number of hydrogen-bond acceptors (Lipinski definition) is 4. The molecule has 0 N–H and O–H groups in total. The zero-order valence-corrected chi connectivity index (χ0v) is 17.7. The number of amides is 2. The van der Waals surface area contributed by atoms with Crippen LogP contribution in [0, 0.1) is 35.5 Å². The summed E-state index contributed by atoms with van der Waals surface area (Å²) < 4.78 is 5.45. The molecule has 1 heterocycles. The predicted molar refractivity (Wildman–Crippen MR) is 117 cm³/mol. The summed E-state index contributed by atoms with van der Waals surface area (Å²) in [5, 5.41) is 0. The number of esters is 1. The van der Waals surface area contributed by atoms with Gasteiger partial charge in [-0.3, -0.25) is 19.3 Å². The summed E-state index contributed by atoms with van der Waals surface area (Å²) in [6, 6.07) is 17.6. The van der Waals surface area contributed by atoms with E-state index in [2.05, 4.69) is 24.3 Å². The topological polar surface area (TPSA) is 63.7 Å². The summed E-state index contributed by atoms with van der Waals surface area (Å²) in [6.07, 6.45) is 6.29. The Morgan fingerprint density at radius 2 is 1.44 bits per heavy atom. The Bertz CT molecular complexity index is 1070. The molecule has 4 aliphatic carbocycles. The minimum absolute atomic E-state index is 0.0122. The van der Waals surface area contributed by atoms with Gasteiger partial charge in [0.15, 0.2) is 0 Å². The molecule has 0 aromatic heterocycles. The molecule has 162 valence electrons. The molecule has 1 saturated heterocycles. The molecule has 0 unspecified atom stereocenters. The van der Waals surface area contributed by atoms with Gasteiger partial charge in [-0.05, 0) is 59.8 Å². The number of carbonyl (C=O) groups is 3. The highest BCUT2D eigenvalue weighted by Crippen LogP contribution is 2.65. The Hall–Kier alpha value is -3.21. The summed E-state index contributed by atoms with van der Waals surface area (Å²) in [7, 11) is 0. The quantitative estimate of drug-likeness (QED) is 0.306. The molecule has 0 spiro atoms. The zero-order valence-electron chi connectivity index (χ0n) is 17.7. The largest absolute Gasteiger partial charge is 0.426 e. The fourth-order valence-electron chi connectivity index (χ4n) is 6.13. The molecular formula is C27H25NO4. The van der Waals surface area contributed by atoms with E-state index in [1.165, 1.54) is 10.5 Å². The van der Waals surface area contributed by atoms with E-state index in [9.17, 15) is 14.4 Å². The first-order chi connectivity index (χ1) is 15.6. The van der Waals surface area contributed by atoms with Gasteiger partial charge in [-0.2, -0.15) is 0 Å². The van der Waals surface area contributed by atoms with Crippen molar-refractivity contribution in [3.63, 3.8) is 0 Å². The minimum Gasteiger partial charge on any atom is -0.426 e. The fourth-order valence-corrected chi connectivity index (χ4v) is 6.13. The van der Waals surface area contributed by atoms with E-state index < -0.39 is 5.97 Å². The number of allylic oxidation sites excluding steroid dienone is 2. The van der Waals surface area contributed by atoms with Gasteiger partial charge in [-0.15, -0.1) is 0 Å². The number of ether oxygens (including phenoxy) is 1. The third-order valence-electron chi connectivity index (χ3n) is 7.70. The van der Waals surface area contributed by atoms with Gasteiger partial charge >= 0.3 is 5.97 Å². The first-order valence-corrected chi connectivity index (χ1v) is 11.5. The van der Waals surface area contributed by atoms with Crippen LogP contribution in [0.5, 0.6) is 5.75 Å². The van der Waals surface area contributed by atoms with Crippen molar-refractivity contribution in [2.45, 2.75) is 19.3 Å². The summed E-state index contributed by atoms with van der Waals surface area (Å²) in [6.45, 7) is 0.102. The second kappa shape index (κ2) is 7.44. The van der Waals surface area contributed by atoms with E-state index in [0.29, 0.717) is 17.6 Å². The standard InChI is InChI=1S/C27H25NO4/c29-23(32-18-8-6-17(7-9-18)14-16-4-2-1-3-5-16)12-13-28-26(30)24-19-10-11-20(22-15-21(19)22)25(24)27(28)31/h1-11,19-22,24-25H,12-15H2/t19-,20-,21-,22+,24+,25+/m0/s1. The number of carbonyl (C=O) groups excluding carboxylic acids is 3. The van der Waals surface area contributed by atoms with Crippen LogP contribution in [0.15, 0.2) is 66.7 Å². The molecule has 2 amide bonds. The van der Waals surface area contributed by atoms with Crippen LogP contribution < -0.4 is 4.74 Å². The Kier molecular flexibility index (Phi) is 4.53. The second-order valence-corrected chi connectivity index (χ2v) is 9.51. The van der Waals surface area contributed by atoms with E-state index >= 15 is 0 Å². The number of benzene rings is 2. The third-order valence-corrected chi connectivity index (χ3v) is 7.70. The van der Waals surface area contributed by atoms with E-state index in [1.807, 2.05) is 30.3 Å². The highest BCUT2D eigenvalue weighted by molar-refractivity contribution is 6.06. The Balaban J connectivity index is 1.05. The van der Waals surface area contributed by atoms with Crippen molar-refractivity contribution >= 4 is 17.8 Å². The van der Waals surface area contributed by atoms with Gasteiger partial charge in [0.05, 0.1) is 18.3 Å². The van der Waals surface area contributed by atoms with Crippen LogP contribution >= 0.6 is 0 Å². The van der Waals surface area contributed by atoms with E-state index in [1.54, 1.807) is 12.1 Å². The first-order valence-electron chi connectivity index (χ1n) is 11.5. The van der Waals surface area contributed by atoms with Crippen molar-refractivity contribution in [1.29, 1.82) is 0 Å². The van der Waals surface area contributed by atoms with Crippen LogP contribution in [0.25, 0.3) is 0 Å². The molecule has 32 heavy (non-hydrogen) atoms. The van der Waals surface area contributed by atoms with Crippen molar-refractivity contribution in [3.8, 4) is 5.75 Å². The molecule has 3 fully saturated rings. The molecular weight excluding hydrogens is 402 g/mol. The molecule has 2 aromatic rings. The smallest absolute Gasteiger partial charge is 0.312 e. The molecule has 2 bridgehead atoms. The molecule has 7 rings (SSSR count). The summed E-state index contributed by atoms with van der Waals surface area (Å²) in [4.78, 5) is 39.7. The van der Waals surface area contributed by atoms with E-state index in [4.69, 9.17) is 4.74 Å². The van der Waals surface area contributed by atoms with Crippen molar-refractivity contribution in [1.82, 2.24) is 4.90 Å². The highest BCUT2D eigenvalue weighted by atomic mass is 16.5. The first kappa shape index (κ1) is 19.5. The lowest BCUT2D eigenvalue weighted by atomic mass is 9.63. The average molecular weight is 428 g/mol.